The van der Waals surface area contributed by atoms with Crippen molar-refractivity contribution < 1.29 is 37.0 Å². The second-order valence-corrected chi connectivity index (χ2v) is 9.98. The minimum atomic E-state index is -4.75. The summed E-state index contributed by atoms with van der Waals surface area (Å²) < 4.78 is 60.6. The SMILES string of the molecule is C[C@@]1(COc2ccc(N3CCC(Oc4cccc(OC(F)(F)F)c4)CC3)cc2)COc2nc([N+](=O)[O-])cn2C1. The third kappa shape index (κ3) is 6.65. The van der Waals surface area contributed by atoms with Crippen LogP contribution in [0.4, 0.5) is 24.7 Å². The van der Waals surface area contributed by atoms with Gasteiger partial charge in [0.2, 0.25) is 0 Å². The van der Waals surface area contributed by atoms with Crippen molar-refractivity contribution in [1.82, 2.24) is 9.55 Å². The van der Waals surface area contributed by atoms with Gasteiger partial charge in [-0.1, -0.05) is 13.0 Å². The Balaban J connectivity index is 1.10. The molecule has 2 aliphatic rings. The number of nitro groups is 1. The van der Waals surface area contributed by atoms with Gasteiger partial charge in [0.05, 0.1) is 12.0 Å². The van der Waals surface area contributed by atoms with Crippen molar-refractivity contribution in [3.8, 4) is 23.3 Å². The molecule has 1 aromatic heterocycles. The number of benzene rings is 2. The molecule has 2 aliphatic heterocycles. The predicted octanol–water partition coefficient (Wildman–Crippen LogP) is 5.22. The average Bonchev–Trinajstić information content (AvgIpc) is 3.31. The monoisotopic (exact) mass is 548 g/mol. The Kier molecular flexibility index (Phi) is 7.15. The first-order valence-electron chi connectivity index (χ1n) is 12.4. The maximum absolute atomic E-state index is 12.5. The number of piperidine rings is 1. The molecule has 5 rings (SSSR count). The van der Waals surface area contributed by atoms with Crippen molar-refractivity contribution in [2.45, 2.75) is 38.8 Å². The summed E-state index contributed by atoms with van der Waals surface area (Å²) in [5, 5.41) is 11.0. The molecule has 1 saturated heterocycles. The molecule has 10 nitrogen and oxygen atoms in total. The van der Waals surface area contributed by atoms with Crippen molar-refractivity contribution in [1.29, 1.82) is 0 Å². The van der Waals surface area contributed by atoms with Crippen molar-refractivity contribution in [2.75, 3.05) is 31.2 Å². The lowest BCUT2D eigenvalue weighted by Gasteiger charge is -2.34. The normalized spacial score (nSPS) is 19.6. The van der Waals surface area contributed by atoms with Gasteiger partial charge in [-0.3, -0.25) is 4.57 Å². The average molecular weight is 549 g/mol. The van der Waals surface area contributed by atoms with E-state index in [2.05, 4.69) is 14.6 Å². The zero-order valence-corrected chi connectivity index (χ0v) is 21.1. The number of halogens is 3. The highest BCUT2D eigenvalue weighted by molar-refractivity contribution is 5.49. The van der Waals surface area contributed by atoms with Gasteiger partial charge in [-0.2, -0.15) is 0 Å². The minimum Gasteiger partial charge on any atom is -0.493 e. The lowest BCUT2D eigenvalue weighted by Crippen LogP contribution is -2.40. The first kappa shape index (κ1) is 26.4. The molecule has 0 bridgehead atoms. The molecule has 2 aromatic carbocycles. The van der Waals surface area contributed by atoms with Gasteiger partial charge >= 0.3 is 18.2 Å². The van der Waals surface area contributed by atoms with Gasteiger partial charge in [-0.05, 0) is 41.3 Å². The van der Waals surface area contributed by atoms with E-state index in [4.69, 9.17) is 14.2 Å². The molecule has 0 N–H and O–H groups in total. The van der Waals surface area contributed by atoms with Crippen molar-refractivity contribution in [3.05, 3.63) is 64.8 Å². The van der Waals surface area contributed by atoms with Crippen LogP contribution in [0.5, 0.6) is 23.3 Å². The minimum absolute atomic E-state index is 0.110. The quantitative estimate of drug-likeness (QED) is 0.279. The Morgan fingerprint density at radius 3 is 2.54 bits per heavy atom. The standard InChI is InChI=1S/C26H27F3N4O6/c1-25(15-32-14-23(33(34)35)30-24(32)37-17-25)16-36-19-7-5-18(6-8-19)31-11-9-20(10-12-31)38-21-3-2-4-22(13-21)39-26(27,28)29/h2-8,13-14,20H,9-12,15-17H2,1H3/t25-/m1/s1. The van der Waals surface area contributed by atoms with Crippen LogP contribution in [-0.2, 0) is 6.54 Å². The van der Waals surface area contributed by atoms with E-state index in [1.54, 1.807) is 10.6 Å². The summed E-state index contributed by atoms with van der Waals surface area (Å²) in [5.41, 5.74) is 0.643. The van der Waals surface area contributed by atoms with Crippen LogP contribution >= 0.6 is 0 Å². The smallest absolute Gasteiger partial charge is 0.493 e. The van der Waals surface area contributed by atoms with Crippen LogP contribution in [0.25, 0.3) is 0 Å². The first-order chi connectivity index (χ1) is 18.6. The van der Waals surface area contributed by atoms with Gasteiger partial charge in [0.15, 0.2) is 0 Å². The molecular formula is C26H27F3N4O6. The number of hydrogen-bond donors (Lipinski definition) is 0. The van der Waals surface area contributed by atoms with Gasteiger partial charge in [-0.15, -0.1) is 13.2 Å². The lowest BCUT2D eigenvalue weighted by atomic mass is 9.92. The van der Waals surface area contributed by atoms with Crippen LogP contribution in [-0.4, -0.2) is 53.2 Å². The predicted molar refractivity (Wildman–Crippen MR) is 133 cm³/mol. The number of imidazole rings is 1. The summed E-state index contributed by atoms with van der Waals surface area (Å²) in [6.45, 7) is 4.63. The largest absolute Gasteiger partial charge is 0.573 e. The van der Waals surface area contributed by atoms with Gasteiger partial charge in [0, 0.05) is 49.2 Å². The van der Waals surface area contributed by atoms with Crippen molar-refractivity contribution >= 4 is 11.5 Å². The number of nitrogens with zero attached hydrogens (tertiary/aromatic N) is 4. The van der Waals surface area contributed by atoms with E-state index in [0.29, 0.717) is 31.3 Å². The van der Waals surface area contributed by atoms with E-state index in [0.717, 1.165) is 31.6 Å². The molecule has 0 saturated carbocycles. The highest BCUT2D eigenvalue weighted by atomic mass is 19.4. The van der Waals surface area contributed by atoms with Crippen LogP contribution in [0, 0.1) is 15.5 Å². The molecule has 1 atom stereocenters. The molecule has 3 heterocycles. The summed E-state index contributed by atoms with van der Waals surface area (Å²) in [5.74, 6) is 0.490. The van der Waals surface area contributed by atoms with E-state index in [9.17, 15) is 23.3 Å². The van der Waals surface area contributed by atoms with Crippen molar-refractivity contribution in [2.24, 2.45) is 5.41 Å². The number of fused-ring (bicyclic) bond motifs is 1. The summed E-state index contributed by atoms with van der Waals surface area (Å²) in [7, 11) is 0. The van der Waals surface area contributed by atoms with E-state index in [1.165, 1.54) is 24.4 Å². The second kappa shape index (κ2) is 10.5. The zero-order valence-electron chi connectivity index (χ0n) is 21.1. The maximum Gasteiger partial charge on any atom is 0.573 e. The van der Waals surface area contributed by atoms with E-state index >= 15 is 0 Å². The number of ether oxygens (including phenoxy) is 4. The highest BCUT2D eigenvalue weighted by Gasteiger charge is 2.36. The first-order valence-corrected chi connectivity index (χ1v) is 12.4. The number of anilines is 1. The fraction of sp³-hybridized carbons (Fsp3) is 0.423. The summed E-state index contributed by atoms with van der Waals surface area (Å²) in [6, 6.07) is 13.6. The van der Waals surface area contributed by atoms with Crippen LogP contribution in [0.2, 0.25) is 0 Å². The molecule has 13 heteroatoms. The molecule has 0 radical (unpaired) electrons. The molecule has 0 amide bonds. The third-order valence-corrected chi connectivity index (χ3v) is 6.59. The summed E-state index contributed by atoms with van der Waals surface area (Å²) >= 11 is 0. The van der Waals surface area contributed by atoms with E-state index < -0.39 is 11.3 Å². The van der Waals surface area contributed by atoms with Crippen LogP contribution in [0.3, 0.4) is 0 Å². The third-order valence-electron chi connectivity index (χ3n) is 6.59. The molecular weight excluding hydrogens is 521 g/mol. The Labute approximate surface area is 222 Å². The number of hydrogen-bond acceptors (Lipinski definition) is 8. The molecule has 0 unspecified atom stereocenters. The number of alkyl halides is 3. The Morgan fingerprint density at radius 1 is 1.13 bits per heavy atom. The van der Waals surface area contributed by atoms with Crippen LogP contribution in [0.1, 0.15) is 19.8 Å². The lowest BCUT2D eigenvalue weighted by molar-refractivity contribution is -0.389. The number of rotatable bonds is 8. The topological polar surface area (TPSA) is 101 Å². The van der Waals surface area contributed by atoms with Gasteiger partial charge in [0.25, 0.3) is 0 Å². The van der Waals surface area contributed by atoms with Gasteiger partial charge in [0.1, 0.15) is 36.2 Å². The van der Waals surface area contributed by atoms with Crippen LogP contribution in [0.15, 0.2) is 54.7 Å². The van der Waals surface area contributed by atoms with Crippen LogP contribution < -0.4 is 23.8 Å². The fourth-order valence-electron chi connectivity index (χ4n) is 4.66. The zero-order chi connectivity index (χ0) is 27.6. The van der Waals surface area contributed by atoms with Crippen molar-refractivity contribution in [3.63, 3.8) is 0 Å². The van der Waals surface area contributed by atoms with E-state index in [1.807, 2.05) is 31.2 Å². The Morgan fingerprint density at radius 2 is 1.85 bits per heavy atom. The second-order valence-electron chi connectivity index (χ2n) is 9.98. The Hall–Kier alpha value is -4.16. The van der Waals surface area contributed by atoms with Gasteiger partial charge < -0.3 is 34.0 Å². The van der Waals surface area contributed by atoms with Gasteiger partial charge in [-0.25, -0.2) is 0 Å². The fourth-order valence-corrected chi connectivity index (χ4v) is 4.66. The maximum atomic E-state index is 12.5. The molecule has 3 aromatic rings. The highest BCUT2D eigenvalue weighted by Crippen LogP contribution is 2.33. The number of aromatic nitrogens is 2. The molecule has 0 spiro atoms. The Bertz CT molecular complexity index is 1310. The summed E-state index contributed by atoms with van der Waals surface area (Å²) in [4.78, 5) is 16.5. The molecule has 208 valence electrons. The van der Waals surface area contributed by atoms with E-state index in [-0.39, 0.29) is 29.1 Å². The molecule has 1 fully saturated rings. The molecule has 39 heavy (non-hydrogen) atoms. The molecule has 0 aliphatic carbocycles. The summed E-state index contributed by atoms with van der Waals surface area (Å²) in [6.07, 6.45) is -2.05.